The van der Waals surface area contributed by atoms with Crippen molar-refractivity contribution in [3.8, 4) is 0 Å². The summed E-state index contributed by atoms with van der Waals surface area (Å²) in [5, 5.41) is 0. The summed E-state index contributed by atoms with van der Waals surface area (Å²) in [6.07, 6.45) is 5.91. The largest absolute Gasteiger partial charge is 0.289 e. The Morgan fingerprint density at radius 1 is 1.60 bits per heavy atom. The summed E-state index contributed by atoms with van der Waals surface area (Å²) < 4.78 is 0. The molecule has 0 amide bonds. The second-order valence-electron chi connectivity index (χ2n) is 2.74. The van der Waals surface area contributed by atoms with Crippen LogP contribution in [0.15, 0.2) is 16.6 Å². The van der Waals surface area contributed by atoms with E-state index in [2.05, 4.69) is 24.9 Å². The smallest absolute Gasteiger partial charge is 0.0427 e. The van der Waals surface area contributed by atoms with E-state index in [1.165, 1.54) is 24.1 Å². The van der Waals surface area contributed by atoms with Gasteiger partial charge < -0.3 is 0 Å². The molecule has 1 aliphatic heterocycles. The minimum absolute atomic E-state index is 0.999. The van der Waals surface area contributed by atoms with Crippen LogP contribution in [0.25, 0.3) is 0 Å². The summed E-state index contributed by atoms with van der Waals surface area (Å²) in [5.74, 6) is 0. The fraction of sp³-hybridized carbons (Fsp3) is 0.667. The van der Waals surface area contributed by atoms with Crippen molar-refractivity contribution in [1.29, 1.82) is 0 Å². The van der Waals surface area contributed by atoms with Crippen molar-refractivity contribution in [3.05, 3.63) is 11.6 Å². The average molecular weight is 137 g/mol. The monoisotopic (exact) mass is 137 g/mol. The number of allylic oxidation sites excluding steroid dienone is 1. The van der Waals surface area contributed by atoms with Crippen molar-refractivity contribution in [2.75, 3.05) is 6.54 Å². The maximum atomic E-state index is 4.38. The van der Waals surface area contributed by atoms with Gasteiger partial charge in [-0.2, -0.15) is 0 Å². The van der Waals surface area contributed by atoms with Crippen LogP contribution in [0, 0.1) is 0 Å². The first-order valence-electron chi connectivity index (χ1n) is 4.05. The zero-order valence-corrected chi connectivity index (χ0v) is 6.85. The molecule has 0 aromatic heterocycles. The topological polar surface area (TPSA) is 12.4 Å². The van der Waals surface area contributed by atoms with Crippen LogP contribution in [0.2, 0.25) is 0 Å². The first kappa shape index (κ1) is 7.52. The van der Waals surface area contributed by atoms with Crippen molar-refractivity contribution in [2.45, 2.75) is 33.1 Å². The first-order chi connectivity index (χ1) is 4.84. The van der Waals surface area contributed by atoms with Gasteiger partial charge in [0, 0.05) is 12.3 Å². The Bertz CT molecular complexity index is 166. The van der Waals surface area contributed by atoms with Gasteiger partial charge in [-0.25, -0.2) is 0 Å². The summed E-state index contributed by atoms with van der Waals surface area (Å²) in [6.45, 7) is 5.32. The number of dihydropyridines is 1. The zero-order valence-electron chi connectivity index (χ0n) is 6.85. The Balaban J connectivity index is 2.56. The first-order valence-corrected chi connectivity index (χ1v) is 4.05. The van der Waals surface area contributed by atoms with Gasteiger partial charge in [-0.3, -0.25) is 4.99 Å². The Morgan fingerprint density at radius 2 is 2.40 bits per heavy atom. The molecule has 1 nitrogen and oxygen atoms in total. The number of aliphatic imine (C=N–C) groups is 1. The lowest BCUT2D eigenvalue weighted by Crippen LogP contribution is -2.03. The van der Waals surface area contributed by atoms with Gasteiger partial charge in [0.15, 0.2) is 0 Å². The molecular formula is C9H15N. The lowest BCUT2D eigenvalue weighted by Gasteiger charge is -2.09. The summed E-state index contributed by atoms with van der Waals surface area (Å²) in [4.78, 5) is 4.38. The average Bonchev–Trinajstić information content (AvgIpc) is 1.94. The standard InChI is InChI=1S/C9H15N/c1-3-5-9-6-4-7-10-8(9)2/h6H,3-5,7H2,1-2H3. The van der Waals surface area contributed by atoms with E-state index in [1.54, 1.807) is 0 Å². The molecule has 56 valence electrons. The van der Waals surface area contributed by atoms with Crippen molar-refractivity contribution >= 4 is 5.71 Å². The lowest BCUT2D eigenvalue weighted by molar-refractivity contribution is 0.892. The Hall–Kier alpha value is -0.590. The van der Waals surface area contributed by atoms with Crippen molar-refractivity contribution in [1.82, 2.24) is 0 Å². The van der Waals surface area contributed by atoms with Crippen molar-refractivity contribution in [2.24, 2.45) is 4.99 Å². The molecule has 0 aromatic carbocycles. The van der Waals surface area contributed by atoms with Gasteiger partial charge >= 0.3 is 0 Å². The maximum Gasteiger partial charge on any atom is 0.0427 e. The molecule has 0 bridgehead atoms. The van der Waals surface area contributed by atoms with E-state index < -0.39 is 0 Å². The third kappa shape index (κ3) is 1.69. The van der Waals surface area contributed by atoms with Crippen molar-refractivity contribution < 1.29 is 0 Å². The van der Waals surface area contributed by atoms with Crippen LogP contribution in [-0.4, -0.2) is 12.3 Å². The molecule has 0 spiro atoms. The van der Waals surface area contributed by atoms with E-state index in [1.807, 2.05) is 0 Å². The minimum atomic E-state index is 0.999. The number of hydrogen-bond acceptors (Lipinski definition) is 1. The van der Waals surface area contributed by atoms with Crippen molar-refractivity contribution in [3.63, 3.8) is 0 Å². The number of rotatable bonds is 2. The van der Waals surface area contributed by atoms with E-state index in [0.717, 1.165) is 13.0 Å². The molecule has 0 aliphatic carbocycles. The highest BCUT2D eigenvalue weighted by molar-refractivity contribution is 5.98. The van der Waals surface area contributed by atoms with Crippen LogP contribution < -0.4 is 0 Å². The Morgan fingerprint density at radius 3 is 3.00 bits per heavy atom. The van der Waals surface area contributed by atoms with E-state index in [4.69, 9.17) is 0 Å². The van der Waals surface area contributed by atoms with Gasteiger partial charge in [0.2, 0.25) is 0 Å². The molecule has 1 aliphatic rings. The number of nitrogens with zero attached hydrogens (tertiary/aromatic N) is 1. The fourth-order valence-corrected chi connectivity index (χ4v) is 1.27. The summed E-state index contributed by atoms with van der Waals surface area (Å²) in [5.41, 5.74) is 2.72. The van der Waals surface area contributed by atoms with E-state index in [9.17, 15) is 0 Å². The third-order valence-corrected chi connectivity index (χ3v) is 1.85. The molecular weight excluding hydrogens is 122 g/mol. The summed E-state index contributed by atoms with van der Waals surface area (Å²) >= 11 is 0. The van der Waals surface area contributed by atoms with Gasteiger partial charge in [-0.1, -0.05) is 19.4 Å². The zero-order chi connectivity index (χ0) is 7.40. The van der Waals surface area contributed by atoms with E-state index in [-0.39, 0.29) is 0 Å². The van der Waals surface area contributed by atoms with Crippen LogP contribution in [0.4, 0.5) is 0 Å². The second-order valence-corrected chi connectivity index (χ2v) is 2.74. The van der Waals surface area contributed by atoms with E-state index >= 15 is 0 Å². The molecule has 0 N–H and O–H groups in total. The predicted octanol–water partition coefficient (Wildman–Crippen LogP) is 2.58. The fourth-order valence-electron chi connectivity index (χ4n) is 1.27. The quantitative estimate of drug-likeness (QED) is 0.554. The second kappa shape index (κ2) is 3.55. The highest BCUT2D eigenvalue weighted by Gasteiger charge is 2.02. The molecule has 0 saturated carbocycles. The molecule has 10 heavy (non-hydrogen) atoms. The van der Waals surface area contributed by atoms with Crippen LogP contribution in [0.3, 0.4) is 0 Å². The van der Waals surface area contributed by atoms with Crippen LogP contribution in [0.1, 0.15) is 33.1 Å². The SMILES string of the molecule is CCCC1=CCCN=C1C. The van der Waals surface area contributed by atoms with Crippen LogP contribution in [-0.2, 0) is 0 Å². The number of hydrogen-bond donors (Lipinski definition) is 0. The minimum Gasteiger partial charge on any atom is -0.289 e. The Labute approximate surface area is 62.9 Å². The van der Waals surface area contributed by atoms with Crippen LogP contribution >= 0.6 is 0 Å². The van der Waals surface area contributed by atoms with Gasteiger partial charge in [-0.15, -0.1) is 0 Å². The molecule has 0 atom stereocenters. The maximum absolute atomic E-state index is 4.38. The molecule has 0 unspecified atom stereocenters. The van der Waals surface area contributed by atoms with Gasteiger partial charge in [0.25, 0.3) is 0 Å². The highest BCUT2D eigenvalue weighted by Crippen LogP contribution is 2.12. The predicted molar refractivity (Wildman–Crippen MR) is 45.6 cm³/mol. The van der Waals surface area contributed by atoms with Crippen LogP contribution in [0.5, 0.6) is 0 Å². The Kier molecular flexibility index (Phi) is 2.67. The molecule has 1 heteroatoms. The summed E-state index contributed by atoms with van der Waals surface area (Å²) in [6, 6.07) is 0. The normalized spacial score (nSPS) is 18.2. The van der Waals surface area contributed by atoms with E-state index in [0.29, 0.717) is 0 Å². The van der Waals surface area contributed by atoms with Gasteiger partial charge in [0.1, 0.15) is 0 Å². The third-order valence-electron chi connectivity index (χ3n) is 1.85. The summed E-state index contributed by atoms with van der Waals surface area (Å²) in [7, 11) is 0. The molecule has 0 aromatic rings. The molecule has 0 radical (unpaired) electrons. The molecule has 0 fully saturated rings. The highest BCUT2D eigenvalue weighted by atomic mass is 14.7. The molecule has 1 rings (SSSR count). The molecule has 1 heterocycles. The molecule has 0 saturated heterocycles. The van der Waals surface area contributed by atoms with Gasteiger partial charge in [0.05, 0.1) is 0 Å². The lowest BCUT2D eigenvalue weighted by atomic mass is 10.0. The van der Waals surface area contributed by atoms with Gasteiger partial charge in [-0.05, 0) is 25.3 Å².